The van der Waals surface area contributed by atoms with Gasteiger partial charge in [0.1, 0.15) is 12.2 Å². The maximum absolute atomic E-state index is 13.5. The average molecular weight is 480 g/mol. The van der Waals surface area contributed by atoms with Gasteiger partial charge in [-0.25, -0.2) is 9.97 Å². The van der Waals surface area contributed by atoms with Crippen LogP contribution in [0.25, 0.3) is 11.2 Å². The van der Waals surface area contributed by atoms with Gasteiger partial charge in [-0.15, -0.1) is 0 Å². The van der Waals surface area contributed by atoms with E-state index in [1.165, 1.54) is 13.3 Å². The van der Waals surface area contributed by atoms with E-state index in [-0.39, 0.29) is 48.3 Å². The van der Waals surface area contributed by atoms with E-state index in [0.29, 0.717) is 44.0 Å². The molecule has 1 saturated heterocycles. The highest BCUT2D eigenvalue weighted by molar-refractivity contribution is 5.82. The zero-order valence-electron chi connectivity index (χ0n) is 19.1. The molecule has 0 atom stereocenters. The Morgan fingerprint density at radius 2 is 1.94 bits per heavy atom. The lowest BCUT2D eigenvalue weighted by Gasteiger charge is -2.70. The van der Waals surface area contributed by atoms with E-state index in [1.807, 2.05) is 11.8 Å². The second-order valence-electron chi connectivity index (χ2n) is 9.52. The summed E-state index contributed by atoms with van der Waals surface area (Å²) in [6.07, 6.45) is -2.63. The predicted octanol–water partition coefficient (Wildman–Crippen LogP) is 1.37. The van der Waals surface area contributed by atoms with Crippen LogP contribution in [0.3, 0.4) is 0 Å². The highest BCUT2D eigenvalue weighted by Crippen LogP contribution is 2.73. The van der Waals surface area contributed by atoms with Crippen LogP contribution in [-0.2, 0) is 17.8 Å². The highest BCUT2D eigenvalue weighted by atomic mass is 19.4. The molecule has 2 bridgehead atoms. The number of nitrogens with one attached hydrogen (secondary N) is 2. The Kier molecular flexibility index (Phi) is 5.26. The number of anilines is 1. The average Bonchev–Trinajstić information content (AvgIpc) is 2.76. The van der Waals surface area contributed by atoms with Crippen molar-refractivity contribution in [1.29, 1.82) is 0 Å². The zero-order valence-corrected chi connectivity index (χ0v) is 19.1. The van der Waals surface area contributed by atoms with Crippen molar-refractivity contribution in [2.75, 3.05) is 38.2 Å². The van der Waals surface area contributed by atoms with Gasteiger partial charge in [-0.2, -0.15) is 13.2 Å². The second kappa shape index (κ2) is 7.82. The van der Waals surface area contributed by atoms with E-state index >= 15 is 0 Å². The van der Waals surface area contributed by atoms with Crippen molar-refractivity contribution in [2.24, 2.45) is 5.41 Å². The van der Waals surface area contributed by atoms with Crippen molar-refractivity contribution in [3.8, 4) is 5.88 Å². The van der Waals surface area contributed by atoms with Crippen LogP contribution in [0.2, 0.25) is 0 Å². The third-order valence-electron chi connectivity index (χ3n) is 7.33. The topological polar surface area (TPSA) is 101 Å². The Morgan fingerprint density at radius 1 is 1.26 bits per heavy atom. The van der Waals surface area contributed by atoms with Gasteiger partial charge in [-0.05, 0) is 25.7 Å². The largest absolute Gasteiger partial charge is 0.480 e. The minimum absolute atomic E-state index is 0.0795. The summed E-state index contributed by atoms with van der Waals surface area (Å²) in [4.78, 5) is 37.2. The molecule has 2 aromatic heterocycles. The molecule has 0 spiro atoms. The Hall–Kier alpha value is -2.89. The van der Waals surface area contributed by atoms with E-state index < -0.39 is 23.0 Å². The first-order valence-corrected chi connectivity index (χ1v) is 11.4. The Morgan fingerprint density at radius 3 is 2.53 bits per heavy atom. The summed E-state index contributed by atoms with van der Waals surface area (Å²) in [5, 5.41) is 6.08. The quantitative estimate of drug-likeness (QED) is 0.644. The van der Waals surface area contributed by atoms with Gasteiger partial charge in [0.2, 0.25) is 17.2 Å². The third-order valence-corrected chi connectivity index (χ3v) is 7.33. The normalized spacial score (nSPS) is 26.1. The van der Waals surface area contributed by atoms with Crippen LogP contribution < -0.4 is 25.7 Å². The van der Waals surface area contributed by atoms with Gasteiger partial charge in [0.05, 0.1) is 18.7 Å². The van der Waals surface area contributed by atoms with E-state index in [0.717, 1.165) is 0 Å². The van der Waals surface area contributed by atoms with Crippen LogP contribution >= 0.6 is 0 Å². The van der Waals surface area contributed by atoms with E-state index in [4.69, 9.17) is 4.74 Å². The fraction of sp³-hybridized carbons (Fsp3) is 0.636. The highest BCUT2D eigenvalue weighted by Gasteiger charge is 2.78. The monoisotopic (exact) mass is 480 g/mol. The fourth-order valence-corrected chi connectivity index (χ4v) is 5.76. The number of aromatic nitrogens is 3. The molecule has 3 saturated carbocycles. The van der Waals surface area contributed by atoms with Crippen molar-refractivity contribution >= 4 is 22.8 Å². The number of rotatable bonds is 6. The molecule has 0 aromatic carbocycles. The van der Waals surface area contributed by atoms with Crippen molar-refractivity contribution in [1.82, 2.24) is 25.2 Å². The number of halogens is 3. The minimum atomic E-state index is -4.24. The number of fused-ring (bicyclic) bond motifs is 1. The number of nitrogens with zero attached hydrogens (tertiary/aromatic N) is 4. The number of carbonyl (C=O) groups is 1. The summed E-state index contributed by atoms with van der Waals surface area (Å²) in [6, 6.07) is 0. The van der Waals surface area contributed by atoms with E-state index in [1.54, 1.807) is 4.57 Å². The zero-order chi connectivity index (χ0) is 24.3. The molecule has 3 heterocycles. The summed E-state index contributed by atoms with van der Waals surface area (Å²) in [7, 11) is 1.43. The van der Waals surface area contributed by atoms with Crippen LogP contribution in [-0.4, -0.2) is 65.4 Å². The number of ether oxygens (including phenoxy) is 1. The van der Waals surface area contributed by atoms with Gasteiger partial charge in [-0.1, -0.05) is 6.92 Å². The van der Waals surface area contributed by atoms with Gasteiger partial charge in [0.25, 0.3) is 0 Å². The number of hydrogen-bond acceptors (Lipinski definition) is 7. The molecule has 9 nitrogen and oxygen atoms in total. The van der Waals surface area contributed by atoms with Crippen LogP contribution in [0.1, 0.15) is 31.9 Å². The van der Waals surface area contributed by atoms with Crippen molar-refractivity contribution in [3.05, 3.63) is 22.1 Å². The molecule has 0 radical (unpaired) electrons. The van der Waals surface area contributed by atoms with Crippen LogP contribution in [0.4, 0.5) is 18.9 Å². The van der Waals surface area contributed by atoms with Gasteiger partial charge in [0, 0.05) is 37.4 Å². The molecule has 184 valence electrons. The Labute approximate surface area is 193 Å². The molecule has 3 aliphatic carbocycles. The molecule has 2 aromatic rings. The molecule has 4 aliphatic rings. The third kappa shape index (κ3) is 3.41. The smallest absolute Gasteiger partial charge is 0.394 e. The predicted molar refractivity (Wildman–Crippen MR) is 118 cm³/mol. The lowest BCUT2D eigenvalue weighted by molar-refractivity contribution is -0.337. The molecule has 12 heteroatoms. The summed E-state index contributed by atoms with van der Waals surface area (Å²) in [5.74, 6) is -0.221. The minimum Gasteiger partial charge on any atom is -0.480 e. The fourth-order valence-electron chi connectivity index (χ4n) is 5.76. The number of piperazine rings is 1. The maximum atomic E-state index is 13.5. The molecule has 6 rings (SSSR count). The van der Waals surface area contributed by atoms with Crippen molar-refractivity contribution in [3.63, 3.8) is 0 Å². The van der Waals surface area contributed by atoms with Gasteiger partial charge < -0.3 is 24.8 Å². The van der Waals surface area contributed by atoms with Crippen LogP contribution in [0, 0.1) is 5.41 Å². The first kappa shape index (κ1) is 22.9. The summed E-state index contributed by atoms with van der Waals surface area (Å²) >= 11 is 0. The van der Waals surface area contributed by atoms with Crippen molar-refractivity contribution in [2.45, 2.75) is 50.9 Å². The van der Waals surface area contributed by atoms with E-state index in [9.17, 15) is 22.8 Å². The molecular formula is C22H27F3N6O3. The molecule has 4 fully saturated rings. The molecular weight excluding hydrogens is 453 g/mol. The SMILES string of the molecule is CCc1c(N2CCNCC2)c(=O)c2nc(OC)cnc2n1CC(=O)NC12CC(C(F)(F)F)(C1)C2. The number of alkyl halides is 3. The van der Waals surface area contributed by atoms with Gasteiger partial charge in [0.15, 0.2) is 11.2 Å². The maximum Gasteiger partial charge on any atom is 0.394 e. The number of amides is 1. The van der Waals surface area contributed by atoms with Crippen LogP contribution in [0.15, 0.2) is 11.0 Å². The first-order chi connectivity index (χ1) is 16.1. The molecule has 1 aliphatic heterocycles. The summed E-state index contributed by atoms with van der Waals surface area (Å²) < 4.78 is 46.4. The van der Waals surface area contributed by atoms with E-state index in [2.05, 4.69) is 20.6 Å². The standard InChI is InChI=1S/C22H27F3N6O3/c1-3-13-17(30-6-4-26-5-7-30)18(33)16-19(27-8-15(28-16)34-2)31(13)9-14(32)29-21-10-20(11-21,12-21)22(23,24)25/h8,26H,3-7,9-12H2,1-2H3,(H,29,32). The van der Waals surface area contributed by atoms with Gasteiger partial charge in [-0.3, -0.25) is 9.59 Å². The van der Waals surface area contributed by atoms with Crippen molar-refractivity contribution < 1.29 is 22.7 Å². The molecule has 2 N–H and O–H groups in total. The Balaban J connectivity index is 1.50. The summed E-state index contributed by atoms with van der Waals surface area (Å²) in [5.41, 5.74) is -1.23. The lowest BCUT2D eigenvalue weighted by Crippen LogP contribution is -2.78. The lowest BCUT2D eigenvalue weighted by atomic mass is 9.39. The first-order valence-electron chi connectivity index (χ1n) is 11.4. The number of carbonyl (C=O) groups excluding carboxylic acids is 1. The number of hydrogen-bond donors (Lipinski definition) is 2. The molecule has 1 amide bonds. The number of methoxy groups -OCH3 is 1. The number of pyridine rings is 1. The van der Waals surface area contributed by atoms with Crippen LogP contribution in [0.5, 0.6) is 5.88 Å². The summed E-state index contributed by atoms with van der Waals surface area (Å²) in [6.45, 7) is 4.41. The Bertz CT molecular complexity index is 1190. The molecule has 0 unspecified atom stereocenters. The van der Waals surface area contributed by atoms with Gasteiger partial charge >= 0.3 is 6.18 Å². The molecule has 34 heavy (non-hydrogen) atoms. The second-order valence-corrected chi connectivity index (χ2v) is 9.52.